The Labute approximate surface area is 184 Å². The van der Waals surface area contributed by atoms with Gasteiger partial charge in [-0.25, -0.2) is 4.39 Å². The van der Waals surface area contributed by atoms with Crippen LogP contribution in [0.15, 0.2) is 23.2 Å². The molecular weight excluding hydrogens is 472 g/mol. The van der Waals surface area contributed by atoms with Crippen molar-refractivity contribution < 1.29 is 13.9 Å². The molecule has 1 aromatic carbocycles. The smallest absolute Gasteiger partial charge is 0.194 e. The Kier molecular flexibility index (Phi) is 6.74. The molecule has 156 valence electrons. The lowest BCUT2D eigenvalue weighted by molar-refractivity contribution is -0.171. The van der Waals surface area contributed by atoms with Crippen molar-refractivity contribution >= 4 is 29.9 Å². The zero-order valence-corrected chi connectivity index (χ0v) is 19.2. The van der Waals surface area contributed by atoms with E-state index in [4.69, 9.17) is 14.5 Å². The second kappa shape index (κ2) is 8.73. The highest BCUT2D eigenvalue weighted by Gasteiger charge is 2.66. The number of hydrogen-bond acceptors (Lipinski definition) is 3. The molecule has 2 aliphatic carbocycles. The lowest BCUT2D eigenvalue weighted by Crippen LogP contribution is -2.72. The first kappa shape index (κ1) is 21.6. The van der Waals surface area contributed by atoms with E-state index in [1.54, 1.807) is 6.07 Å². The molecule has 1 saturated heterocycles. The third-order valence-electron chi connectivity index (χ3n) is 6.63. The molecule has 5 nitrogen and oxygen atoms in total. The molecule has 2 saturated carbocycles. The highest BCUT2D eigenvalue weighted by atomic mass is 127. The Morgan fingerprint density at radius 1 is 1.43 bits per heavy atom. The second-order valence-electron chi connectivity index (χ2n) is 8.08. The van der Waals surface area contributed by atoms with Gasteiger partial charge in [-0.2, -0.15) is 0 Å². The number of aliphatic imine (C=N–C) groups is 1. The quantitative estimate of drug-likeness (QED) is 0.377. The number of hydrogen-bond donors (Lipinski definition) is 1. The lowest BCUT2D eigenvalue weighted by Gasteiger charge is -2.63. The summed E-state index contributed by atoms with van der Waals surface area (Å²) in [5.74, 6) is 1.44. The van der Waals surface area contributed by atoms with Crippen molar-refractivity contribution in [1.29, 1.82) is 0 Å². The summed E-state index contributed by atoms with van der Waals surface area (Å²) in [6.45, 7) is 4.24. The average molecular weight is 503 g/mol. The minimum absolute atomic E-state index is 0. The van der Waals surface area contributed by atoms with Gasteiger partial charge in [-0.3, -0.25) is 4.99 Å². The van der Waals surface area contributed by atoms with Crippen LogP contribution < -0.4 is 10.1 Å². The zero-order valence-electron chi connectivity index (χ0n) is 16.9. The van der Waals surface area contributed by atoms with Gasteiger partial charge in [-0.15, -0.1) is 24.0 Å². The van der Waals surface area contributed by atoms with Crippen molar-refractivity contribution in [3.8, 4) is 5.75 Å². The van der Waals surface area contributed by atoms with Crippen LogP contribution in [0.25, 0.3) is 0 Å². The van der Waals surface area contributed by atoms with Gasteiger partial charge < -0.3 is 19.7 Å². The molecule has 0 radical (unpaired) electrons. The van der Waals surface area contributed by atoms with Crippen molar-refractivity contribution in [2.24, 2.45) is 16.3 Å². The van der Waals surface area contributed by atoms with Gasteiger partial charge >= 0.3 is 0 Å². The van der Waals surface area contributed by atoms with E-state index >= 15 is 0 Å². The maximum Gasteiger partial charge on any atom is 0.194 e. The third-order valence-corrected chi connectivity index (χ3v) is 6.63. The summed E-state index contributed by atoms with van der Waals surface area (Å²) in [7, 11) is 3.49. The number of guanidine groups is 1. The molecule has 0 bridgehead atoms. The maximum absolute atomic E-state index is 14.0. The highest BCUT2D eigenvalue weighted by molar-refractivity contribution is 14.0. The summed E-state index contributed by atoms with van der Waals surface area (Å²) in [5.41, 5.74) is 1.21. The summed E-state index contributed by atoms with van der Waals surface area (Å²) >= 11 is 0. The maximum atomic E-state index is 14.0. The number of rotatable bonds is 5. The van der Waals surface area contributed by atoms with E-state index in [0.29, 0.717) is 36.6 Å². The molecule has 3 unspecified atom stereocenters. The van der Waals surface area contributed by atoms with Crippen LogP contribution in [0.1, 0.15) is 38.2 Å². The van der Waals surface area contributed by atoms with Gasteiger partial charge in [0.15, 0.2) is 17.5 Å². The van der Waals surface area contributed by atoms with Crippen molar-refractivity contribution in [2.75, 3.05) is 27.3 Å². The molecule has 3 fully saturated rings. The third kappa shape index (κ3) is 3.60. The van der Waals surface area contributed by atoms with Crippen LogP contribution in [-0.4, -0.2) is 50.3 Å². The van der Waals surface area contributed by atoms with Crippen LogP contribution in [0.4, 0.5) is 4.39 Å². The van der Waals surface area contributed by atoms with Crippen molar-refractivity contribution in [2.45, 2.75) is 51.3 Å². The Morgan fingerprint density at radius 2 is 2.21 bits per heavy atom. The minimum Gasteiger partial charge on any atom is -0.494 e. The van der Waals surface area contributed by atoms with E-state index < -0.39 is 0 Å². The fourth-order valence-corrected chi connectivity index (χ4v) is 5.18. The number of ether oxygens (including phenoxy) is 2. The predicted molar refractivity (Wildman–Crippen MR) is 119 cm³/mol. The topological polar surface area (TPSA) is 46.1 Å². The molecule has 7 heteroatoms. The average Bonchev–Trinajstić information content (AvgIpc) is 3.02. The predicted octanol–water partition coefficient (Wildman–Crippen LogP) is 3.81. The molecule has 1 spiro atoms. The van der Waals surface area contributed by atoms with Crippen molar-refractivity contribution in [3.63, 3.8) is 0 Å². The van der Waals surface area contributed by atoms with Gasteiger partial charge in [0.1, 0.15) is 0 Å². The number of fused-ring (bicyclic) bond motifs is 2. The summed E-state index contributed by atoms with van der Waals surface area (Å²) in [6.07, 6.45) is 5.37. The number of benzene rings is 1. The van der Waals surface area contributed by atoms with Crippen LogP contribution in [-0.2, 0) is 11.3 Å². The minimum atomic E-state index is -0.330. The van der Waals surface area contributed by atoms with E-state index in [2.05, 4.69) is 10.2 Å². The molecule has 1 aromatic rings. The largest absolute Gasteiger partial charge is 0.494 e. The molecule has 0 aromatic heterocycles. The summed E-state index contributed by atoms with van der Waals surface area (Å²) in [4.78, 5) is 6.79. The van der Waals surface area contributed by atoms with Crippen LogP contribution in [0.5, 0.6) is 5.75 Å². The first-order valence-corrected chi connectivity index (χ1v) is 10.0. The second-order valence-corrected chi connectivity index (χ2v) is 8.08. The van der Waals surface area contributed by atoms with E-state index in [-0.39, 0.29) is 35.5 Å². The standard InChI is InChI=1S/C21H30FN3O2.HI/c1-4-23-20(25(2)13-14-6-7-17(26-3)16(22)12-14)24-18-15-8-11-27-19(15)21(18)9-5-10-21;/h6-7,12,15,18-19H,4-5,8-11,13H2,1-3H3,(H,23,24);1H. The van der Waals surface area contributed by atoms with Gasteiger partial charge in [0.25, 0.3) is 0 Å². The summed E-state index contributed by atoms with van der Waals surface area (Å²) in [5, 5.41) is 3.75. The summed E-state index contributed by atoms with van der Waals surface area (Å²) < 4.78 is 25.1. The van der Waals surface area contributed by atoms with Crippen molar-refractivity contribution in [1.82, 2.24) is 10.2 Å². The highest BCUT2D eigenvalue weighted by Crippen LogP contribution is 2.62. The Bertz CT molecular complexity index is 726. The molecule has 28 heavy (non-hydrogen) atoms. The SMILES string of the molecule is CCN=C(NC1C2CCOC2C12CCC2)N(C)Cc1ccc(OC)c(F)c1.I. The number of methoxy groups -OCH3 is 1. The van der Waals surface area contributed by atoms with E-state index in [1.807, 2.05) is 20.0 Å². The lowest BCUT2D eigenvalue weighted by atomic mass is 9.46. The molecule has 4 rings (SSSR count). The fraction of sp³-hybridized carbons (Fsp3) is 0.667. The van der Waals surface area contributed by atoms with Crippen LogP contribution in [0.2, 0.25) is 0 Å². The van der Waals surface area contributed by atoms with Gasteiger partial charge in [0, 0.05) is 44.1 Å². The molecule has 3 atom stereocenters. The normalized spacial score (nSPS) is 27.3. The molecule has 1 N–H and O–H groups in total. The van der Waals surface area contributed by atoms with Crippen LogP contribution >= 0.6 is 24.0 Å². The number of nitrogens with zero attached hydrogens (tertiary/aromatic N) is 2. The Morgan fingerprint density at radius 3 is 2.82 bits per heavy atom. The summed E-state index contributed by atoms with van der Waals surface area (Å²) in [6, 6.07) is 5.56. The molecule has 1 aliphatic heterocycles. The van der Waals surface area contributed by atoms with Crippen molar-refractivity contribution in [3.05, 3.63) is 29.6 Å². The van der Waals surface area contributed by atoms with Gasteiger partial charge in [-0.1, -0.05) is 12.5 Å². The van der Waals surface area contributed by atoms with Gasteiger partial charge in [0.2, 0.25) is 0 Å². The number of nitrogens with one attached hydrogen (secondary N) is 1. The fourth-order valence-electron chi connectivity index (χ4n) is 5.18. The first-order valence-electron chi connectivity index (χ1n) is 10.0. The van der Waals surface area contributed by atoms with E-state index in [9.17, 15) is 4.39 Å². The van der Waals surface area contributed by atoms with E-state index in [1.165, 1.54) is 32.4 Å². The molecule has 1 heterocycles. The Hall–Kier alpha value is -1.09. The monoisotopic (exact) mass is 503 g/mol. The van der Waals surface area contributed by atoms with E-state index in [0.717, 1.165) is 24.6 Å². The molecular formula is C21H31FIN3O2. The number of halogens is 2. The van der Waals surface area contributed by atoms with Crippen LogP contribution in [0.3, 0.4) is 0 Å². The van der Waals surface area contributed by atoms with Gasteiger partial charge in [0.05, 0.1) is 13.2 Å². The molecule has 0 amide bonds. The van der Waals surface area contributed by atoms with Crippen LogP contribution in [0, 0.1) is 17.2 Å². The Balaban J connectivity index is 0.00000225. The first-order chi connectivity index (χ1) is 13.1. The van der Waals surface area contributed by atoms with Gasteiger partial charge in [-0.05, 0) is 43.9 Å². The molecule has 3 aliphatic rings. The zero-order chi connectivity index (χ0) is 19.0.